The number of hydrogen-bond acceptors (Lipinski definition) is 1. The molecule has 0 saturated carbocycles. The smallest absolute Gasteiger partial charge is 0.310 e. The Morgan fingerprint density at radius 3 is 2.47 bits per heavy atom. The molecule has 0 unspecified atom stereocenters. The highest BCUT2D eigenvalue weighted by Gasteiger charge is 2.18. The molecule has 0 aliphatic carbocycles. The second-order valence-corrected chi connectivity index (χ2v) is 4.57. The summed E-state index contributed by atoms with van der Waals surface area (Å²) in [5.41, 5.74) is 0.829. The molecule has 1 atom stereocenters. The van der Waals surface area contributed by atoms with Crippen molar-refractivity contribution >= 4 is 33.5 Å². The number of halogens is 2. The second-order valence-electron chi connectivity index (χ2n) is 3.27. The molecule has 1 aromatic rings. The standard InChI is InChI=1S/C11H12BrClO2/c12-9-5-3-8(4-6-9)10(11(14)15)2-1-7-13/h3-6,10H,1-2,7H2,(H,14,15)/t10-/m0/s1. The van der Waals surface area contributed by atoms with Crippen LogP contribution < -0.4 is 0 Å². The van der Waals surface area contributed by atoms with Crippen LogP contribution in [0.3, 0.4) is 0 Å². The molecule has 4 heteroatoms. The molecular formula is C11H12BrClO2. The fourth-order valence-electron chi connectivity index (χ4n) is 1.41. The summed E-state index contributed by atoms with van der Waals surface area (Å²) in [6.07, 6.45) is 1.30. The monoisotopic (exact) mass is 290 g/mol. The van der Waals surface area contributed by atoms with Gasteiger partial charge in [0.05, 0.1) is 5.92 Å². The molecule has 0 aromatic heterocycles. The van der Waals surface area contributed by atoms with E-state index in [1.54, 1.807) is 0 Å². The Bertz CT molecular complexity index is 324. The lowest BCUT2D eigenvalue weighted by Crippen LogP contribution is -2.11. The number of benzene rings is 1. The van der Waals surface area contributed by atoms with Crippen molar-refractivity contribution in [2.24, 2.45) is 0 Å². The first-order valence-electron chi connectivity index (χ1n) is 4.69. The molecule has 0 radical (unpaired) electrons. The zero-order chi connectivity index (χ0) is 11.3. The Kier molecular flexibility index (Phi) is 5.12. The topological polar surface area (TPSA) is 37.3 Å². The first-order valence-corrected chi connectivity index (χ1v) is 6.02. The first kappa shape index (κ1) is 12.5. The summed E-state index contributed by atoms with van der Waals surface area (Å²) < 4.78 is 0.952. The van der Waals surface area contributed by atoms with Gasteiger partial charge in [0, 0.05) is 10.4 Å². The summed E-state index contributed by atoms with van der Waals surface area (Å²) in [5.74, 6) is -0.736. The Balaban J connectivity index is 2.79. The fourth-order valence-corrected chi connectivity index (χ4v) is 1.83. The lowest BCUT2D eigenvalue weighted by Gasteiger charge is -2.11. The van der Waals surface area contributed by atoms with Crippen molar-refractivity contribution < 1.29 is 9.90 Å². The third-order valence-corrected chi connectivity index (χ3v) is 2.99. The van der Waals surface area contributed by atoms with E-state index in [-0.39, 0.29) is 0 Å². The highest BCUT2D eigenvalue weighted by Crippen LogP contribution is 2.23. The maximum Gasteiger partial charge on any atom is 0.310 e. The van der Waals surface area contributed by atoms with E-state index >= 15 is 0 Å². The van der Waals surface area contributed by atoms with E-state index in [1.165, 1.54) is 0 Å². The van der Waals surface area contributed by atoms with E-state index in [0.29, 0.717) is 18.7 Å². The van der Waals surface area contributed by atoms with Gasteiger partial charge in [0.25, 0.3) is 0 Å². The van der Waals surface area contributed by atoms with Crippen molar-refractivity contribution in [2.75, 3.05) is 5.88 Å². The Hall–Kier alpha value is -0.540. The number of carboxylic acid groups (broad SMARTS) is 1. The zero-order valence-electron chi connectivity index (χ0n) is 8.12. The fraction of sp³-hybridized carbons (Fsp3) is 0.364. The molecule has 0 fully saturated rings. The summed E-state index contributed by atoms with van der Waals surface area (Å²) in [4.78, 5) is 11.0. The summed E-state index contributed by atoms with van der Waals surface area (Å²) in [7, 11) is 0. The zero-order valence-corrected chi connectivity index (χ0v) is 10.5. The molecule has 1 N–H and O–H groups in total. The van der Waals surface area contributed by atoms with Gasteiger partial charge < -0.3 is 5.11 Å². The highest BCUT2D eigenvalue weighted by molar-refractivity contribution is 9.10. The molecule has 0 heterocycles. The van der Waals surface area contributed by atoms with Crippen molar-refractivity contribution in [2.45, 2.75) is 18.8 Å². The molecule has 0 aliphatic heterocycles. The Labute approximate surface area is 102 Å². The molecule has 0 aliphatic rings. The number of aliphatic carboxylic acids is 1. The van der Waals surface area contributed by atoms with Gasteiger partial charge in [0.2, 0.25) is 0 Å². The second kappa shape index (κ2) is 6.13. The average molecular weight is 292 g/mol. The van der Waals surface area contributed by atoms with Gasteiger partial charge in [-0.1, -0.05) is 28.1 Å². The lowest BCUT2D eigenvalue weighted by molar-refractivity contribution is -0.139. The molecular weight excluding hydrogens is 279 g/mol. The van der Waals surface area contributed by atoms with Crippen LogP contribution in [-0.4, -0.2) is 17.0 Å². The van der Waals surface area contributed by atoms with Crippen LogP contribution in [-0.2, 0) is 4.79 Å². The quantitative estimate of drug-likeness (QED) is 0.841. The molecule has 0 saturated heterocycles. The van der Waals surface area contributed by atoms with Crippen LogP contribution in [0.4, 0.5) is 0 Å². The summed E-state index contributed by atoms with van der Waals surface area (Å²) in [6.45, 7) is 0. The van der Waals surface area contributed by atoms with Crippen LogP contribution in [0.2, 0.25) is 0 Å². The van der Waals surface area contributed by atoms with E-state index in [1.807, 2.05) is 24.3 Å². The van der Waals surface area contributed by atoms with Gasteiger partial charge >= 0.3 is 5.97 Å². The van der Waals surface area contributed by atoms with E-state index in [0.717, 1.165) is 10.0 Å². The van der Waals surface area contributed by atoms with E-state index < -0.39 is 11.9 Å². The van der Waals surface area contributed by atoms with Gasteiger partial charge in [-0.15, -0.1) is 11.6 Å². The first-order chi connectivity index (χ1) is 7.15. The van der Waals surface area contributed by atoms with Gasteiger partial charge in [-0.05, 0) is 30.5 Å². The van der Waals surface area contributed by atoms with Gasteiger partial charge in [-0.25, -0.2) is 0 Å². The minimum absolute atomic E-state index is 0.447. The van der Waals surface area contributed by atoms with Crippen molar-refractivity contribution in [1.29, 1.82) is 0 Å². The molecule has 82 valence electrons. The molecule has 0 spiro atoms. The van der Waals surface area contributed by atoms with Crippen LogP contribution in [0.25, 0.3) is 0 Å². The predicted molar refractivity (Wildman–Crippen MR) is 64.5 cm³/mol. The van der Waals surface area contributed by atoms with Crippen LogP contribution in [0.1, 0.15) is 24.3 Å². The Morgan fingerprint density at radius 2 is 2.00 bits per heavy atom. The van der Waals surface area contributed by atoms with Crippen molar-refractivity contribution in [1.82, 2.24) is 0 Å². The normalized spacial score (nSPS) is 12.4. The summed E-state index contributed by atoms with van der Waals surface area (Å²) >= 11 is 8.88. The van der Waals surface area contributed by atoms with Crippen molar-refractivity contribution in [3.63, 3.8) is 0 Å². The molecule has 1 aromatic carbocycles. The average Bonchev–Trinajstić information content (AvgIpc) is 2.21. The maximum absolute atomic E-state index is 11.0. The van der Waals surface area contributed by atoms with Crippen LogP contribution in [0.5, 0.6) is 0 Å². The van der Waals surface area contributed by atoms with E-state index in [4.69, 9.17) is 16.7 Å². The van der Waals surface area contributed by atoms with Gasteiger partial charge in [0.15, 0.2) is 0 Å². The maximum atomic E-state index is 11.0. The van der Waals surface area contributed by atoms with Crippen LogP contribution in [0.15, 0.2) is 28.7 Å². The number of rotatable bonds is 5. The van der Waals surface area contributed by atoms with Crippen LogP contribution >= 0.6 is 27.5 Å². The highest BCUT2D eigenvalue weighted by atomic mass is 79.9. The lowest BCUT2D eigenvalue weighted by atomic mass is 9.95. The Morgan fingerprint density at radius 1 is 1.40 bits per heavy atom. The third kappa shape index (κ3) is 3.84. The summed E-state index contributed by atoms with van der Waals surface area (Å²) in [6, 6.07) is 7.37. The molecule has 1 rings (SSSR count). The van der Waals surface area contributed by atoms with Gasteiger partial charge in [0.1, 0.15) is 0 Å². The summed E-state index contributed by atoms with van der Waals surface area (Å²) in [5, 5.41) is 9.07. The number of hydrogen-bond donors (Lipinski definition) is 1. The van der Waals surface area contributed by atoms with E-state index in [9.17, 15) is 4.79 Å². The predicted octanol–water partition coefficient (Wildman–Crippen LogP) is 3.64. The number of carboxylic acids is 1. The van der Waals surface area contributed by atoms with Crippen LogP contribution in [0, 0.1) is 0 Å². The largest absolute Gasteiger partial charge is 0.481 e. The molecule has 15 heavy (non-hydrogen) atoms. The van der Waals surface area contributed by atoms with Gasteiger partial charge in [-0.3, -0.25) is 4.79 Å². The minimum Gasteiger partial charge on any atom is -0.481 e. The molecule has 2 nitrogen and oxygen atoms in total. The molecule has 0 bridgehead atoms. The number of carbonyl (C=O) groups is 1. The van der Waals surface area contributed by atoms with Gasteiger partial charge in [-0.2, -0.15) is 0 Å². The molecule has 0 amide bonds. The third-order valence-electron chi connectivity index (χ3n) is 2.20. The minimum atomic E-state index is -0.789. The van der Waals surface area contributed by atoms with Crippen molar-refractivity contribution in [3.05, 3.63) is 34.3 Å². The van der Waals surface area contributed by atoms with E-state index in [2.05, 4.69) is 15.9 Å². The number of alkyl halides is 1. The SMILES string of the molecule is O=C(O)[C@@H](CCCCl)c1ccc(Br)cc1. The van der Waals surface area contributed by atoms with Crippen molar-refractivity contribution in [3.8, 4) is 0 Å².